The molecule has 0 spiro atoms. The minimum Gasteiger partial charge on any atom is -0.450 e. The van der Waals surface area contributed by atoms with E-state index in [0.717, 1.165) is 11.3 Å². The zero-order chi connectivity index (χ0) is 30.2. The summed E-state index contributed by atoms with van der Waals surface area (Å²) in [6.45, 7) is 2.64. The molecule has 1 amide bonds. The van der Waals surface area contributed by atoms with Crippen LogP contribution in [0.5, 0.6) is 11.5 Å². The molecule has 4 aromatic rings. The van der Waals surface area contributed by atoms with Crippen molar-refractivity contribution in [3.63, 3.8) is 0 Å². The second-order valence-corrected chi connectivity index (χ2v) is 11.4. The first-order valence-electron chi connectivity index (χ1n) is 15.1. The second-order valence-electron chi connectivity index (χ2n) is 11.4. The van der Waals surface area contributed by atoms with Gasteiger partial charge < -0.3 is 30.0 Å². The van der Waals surface area contributed by atoms with Crippen LogP contribution in [-0.2, 0) is 15.9 Å². The third-order valence-electron chi connectivity index (χ3n) is 8.65. The number of aliphatic hydroxyl groups is 1. The summed E-state index contributed by atoms with van der Waals surface area (Å²) in [4.78, 5) is 29.6. The third kappa shape index (κ3) is 5.20. The van der Waals surface area contributed by atoms with E-state index in [1.54, 1.807) is 6.20 Å². The van der Waals surface area contributed by atoms with Crippen LogP contribution in [0.4, 0.5) is 16.3 Å². The predicted molar refractivity (Wildman–Crippen MR) is 165 cm³/mol. The van der Waals surface area contributed by atoms with Gasteiger partial charge in [-0.15, -0.1) is 0 Å². The van der Waals surface area contributed by atoms with Crippen LogP contribution in [0, 0.1) is 0 Å². The highest BCUT2D eigenvalue weighted by molar-refractivity contribution is 5.79. The Labute approximate surface area is 254 Å². The number of carbonyl (C=O) groups is 1. The minimum atomic E-state index is -0.631. The van der Waals surface area contributed by atoms with Gasteiger partial charge in [-0.3, -0.25) is 4.57 Å². The molecule has 0 saturated carbocycles. The molecule has 10 heteroatoms. The lowest BCUT2D eigenvalue weighted by atomic mass is 9.98. The average molecular weight is 595 g/mol. The Balaban J connectivity index is 0.945. The first-order valence-corrected chi connectivity index (χ1v) is 15.1. The van der Waals surface area contributed by atoms with Gasteiger partial charge in [-0.1, -0.05) is 67.6 Å². The van der Waals surface area contributed by atoms with E-state index in [-0.39, 0.29) is 18.6 Å². The lowest BCUT2D eigenvalue weighted by molar-refractivity contribution is -0.0218. The topological polar surface area (TPSA) is 124 Å². The van der Waals surface area contributed by atoms with Crippen molar-refractivity contribution in [3.8, 4) is 22.6 Å². The van der Waals surface area contributed by atoms with Crippen molar-refractivity contribution in [2.75, 3.05) is 18.5 Å². The summed E-state index contributed by atoms with van der Waals surface area (Å²) in [5.41, 5.74) is 5.97. The Kier molecular flexibility index (Phi) is 7.53. The highest BCUT2D eigenvalue weighted by atomic mass is 16.5. The molecule has 3 aromatic carbocycles. The summed E-state index contributed by atoms with van der Waals surface area (Å²) in [7, 11) is 0. The Bertz CT molecular complexity index is 1730. The van der Waals surface area contributed by atoms with E-state index in [4.69, 9.17) is 14.2 Å². The van der Waals surface area contributed by atoms with Gasteiger partial charge in [0.05, 0.1) is 24.1 Å². The van der Waals surface area contributed by atoms with Crippen LogP contribution >= 0.6 is 0 Å². The summed E-state index contributed by atoms with van der Waals surface area (Å²) in [5, 5.41) is 16.4. The number of alkyl carbamates (subject to hydrolysis) is 1. The van der Waals surface area contributed by atoms with Gasteiger partial charge in [0.1, 0.15) is 12.8 Å². The molecule has 3 heterocycles. The molecule has 3 atom stereocenters. The van der Waals surface area contributed by atoms with Crippen LogP contribution in [0.3, 0.4) is 0 Å². The van der Waals surface area contributed by atoms with Crippen LogP contribution in [0.2, 0.25) is 0 Å². The number of benzene rings is 3. The Hall–Kier alpha value is -4.67. The number of hydrogen-bond donors (Lipinski definition) is 3. The molecule has 3 N–H and O–H groups in total. The number of nitrogens with zero attached hydrogens (tertiary/aromatic N) is 2. The van der Waals surface area contributed by atoms with Crippen molar-refractivity contribution in [2.24, 2.45) is 0 Å². The molecule has 1 fully saturated rings. The monoisotopic (exact) mass is 594 g/mol. The fourth-order valence-electron chi connectivity index (χ4n) is 6.44. The molecule has 10 nitrogen and oxygen atoms in total. The fourth-order valence-corrected chi connectivity index (χ4v) is 6.44. The van der Waals surface area contributed by atoms with Gasteiger partial charge in [-0.25, -0.2) is 9.59 Å². The van der Waals surface area contributed by atoms with E-state index in [1.807, 2.05) is 49.4 Å². The highest BCUT2D eigenvalue weighted by Gasteiger charge is 2.35. The van der Waals surface area contributed by atoms with Crippen molar-refractivity contribution in [1.82, 2.24) is 14.9 Å². The molecule has 0 bridgehead atoms. The second kappa shape index (κ2) is 11.8. The fraction of sp³-hybridized carbons (Fsp3) is 0.324. The summed E-state index contributed by atoms with van der Waals surface area (Å²) < 4.78 is 19.0. The van der Waals surface area contributed by atoms with Crippen molar-refractivity contribution >= 4 is 17.6 Å². The maximum Gasteiger partial charge on any atom is 0.407 e. The van der Waals surface area contributed by atoms with Crippen molar-refractivity contribution < 1.29 is 24.1 Å². The first kappa shape index (κ1) is 28.1. The zero-order valence-corrected chi connectivity index (χ0v) is 24.4. The summed E-state index contributed by atoms with van der Waals surface area (Å²) in [5.74, 6) is 1.37. The van der Waals surface area contributed by atoms with Crippen molar-refractivity contribution in [3.05, 3.63) is 100 Å². The van der Waals surface area contributed by atoms with Gasteiger partial charge >= 0.3 is 11.8 Å². The van der Waals surface area contributed by atoms with Crippen LogP contribution in [0.15, 0.2) is 77.7 Å². The number of anilines is 2. The molecule has 1 aliphatic carbocycles. The molecule has 0 radical (unpaired) electrons. The minimum absolute atomic E-state index is 0.0150. The highest BCUT2D eigenvalue weighted by Crippen LogP contribution is 2.45. The smallest absolute Gasteiger partial charge is 0.407 e. The molecule has 226 valence electrons. The normalized spacial score (nSPS) is 19.6. The van der Waals surface area contributed by atoms with Crippen LogP contribution in [0.25, 0.3) is 11.1 Å². The molecular weight excluding hydrogens is 560 g/mol. The summed E-state index contributed by atoms with van der Waals surface area (Å²) in [6.07, 6.45) is 1.89. The Morgan fingerprint density at radius 2 is 1.82 bits per heavy atom. The number of aryl methyl sites for hydroxylation is 1. The molecule has 3 unspecified atom stereocenters. The van der Waals surface area contributed by atoms with E-state index in [2.05, 4.69) is 39.9 Å². The number of aliphatic hydroxyl groups excluding tert-OH is 1. The van der Waals surface area contributed by atoms with Gasteiger partial charge in [-0.05, 0) is 53.1 Å². The Morgan fingerprint density at radius 1 is 1.07 bits per heavy atom. The largest absolute Gasteiger partial charge is 0.450 e. The van der Waals surface area contributed by atoms with Crippen LogP contribution in [-0.4, -0.2) is 46.1 Å². The molecule has 44 heavy (non-hydrogen) atoms. The molecule has 7 rings (SSSR count). The number of aromatic nitrogens is 2. The van der Waals surface area contributed by atoms with Crippen molar-refractivity contribution in [1.29, 1.82) is 0 Å². The molecular formula is C34H34N4O6. The van der Waals surface area contributed by atoms with Gasteiger partial charge in [0.25, 0.3) is 0 Å². The van der Waals surface area contributed by atoms with Gasteiger partial charge in [0.15, 0.2) is 17.3 Å². The lowest BCUT2D eigenvalue weighted by Crippen LogP contribution is -2.28. The van der Waals surface area contributed by atoms with Crippen LogP contribution < -0.4 is 21.1 Å². The predicted octanol–water partition coefficient (Wildman–Crippen LogP) is 5.62. The van der Waals surface area contributed by atoms with Gasteiger partial charge in [0.2, 0.25) is 0 Å². The lowest BCUT2D eigenvalue weighted by Gasteiger charge is -2.24. The van der Waals surface area contributed by atoms with E-state index in [0.29, 0.717) is 49.5 Å². The quantitative estimate of drug-likeness (QED) is 0.198. The summed E-state index contributed by atoms with van der Waals surface area (Å²) >= 11 is 0. The van der Waals surface area contributed by atoms with Crippen LogP contribution in [0.1, 0.15) is 55.0 Å². The summed E-state index contributed by atoms with van der Waals surface area (Å²) in [6, 6.07) is 22.2. The number of amides is 1. The van der Waals surface area contributed by atoms with E-state index in [9.17, 15) is 14.7 Å². The number of ether oxygens (including phenoxy) is 3. The number of carbonyl (C=O) groups excluding carboxylic acids is 1. The van der Waals surface area contributed by atoms with Gasteiger partial charge in [-0.2, -0.15) is 4.98 Å². The zero-order valence-electron chi connectivity index (χ0n) is 24.4. The van der Waals surface area contributed by atoms with Crippen molar-refractivity contribution in [2.45, 2.75) is 57.0 Å². The maximum absolute atomic E-state index is 12.9. The van der Waals surface area contributed by atoms with Gasteiger partial charge in [0, 0.05) is 18.9 Å². The number of rotatable bonds is 8. The maximum atomic E-state index is 12.9. The number of fused-ring (bicyclic) bond motifs is 5. The number of para-hydroxylation sites is 1. The average Bonchev–Trinajstić information content (AvgIpc) is 3.58. The standard InChI is InChI=1S/C34H34N4O6/c1-2-27-26(39)17-30(44-27)38-18-29-32(37-33(38)40)36-31-20(9-7-15-28(31)43-29)10-8-16-35-34(41)42-19-25-23-13-5-3-11-21(23)22-12-4-6-14-24(22)25/h3-7,9,11-15,18,25-27,30,39H,2,8,10,16-17,19H2,1H3,(H,35,41)(H,36,37,40). The number of nitrogens with one attached hydrogen (secondary N) is 2. The number of hydrogen-bond acceptors (Lipinski definition) is 8. The first-order chi connectivity index (χ1) is 21.5. The molecule has 1 aromatic heterocycles. The molecule has 3 aliphatic rings. The molecule has 2 aliphatic heterocycles. The van der Waals surface area contributed by atoms with E-state index < -0.39 is 24.1 Å². The molecule has 1 saturated heterocycles. The Morgan fingerprint density at radius 3 is 2.55 bits per heavy atom. The third-order valence-corrected chi connectivity index (χ3v) is 8.65. The SMILES string of the molecule is CCC1OC(n2cc3c(nc2=O)Nc2c(CCCNC(=O)OCC4c5ccccc5-c5ccccc54)cccc2O3)CC1O. The van der Waals surface area contributed by atoms with E-state index >= 15 is 0 Å². The van der Waals surface area contributed by atoms with E-state index in [1.165, 1.54) is 26.8 Å².